The molecule has 4 rings (SSSR count). The number of hydrogen-bond donors (Lipinski definition) is 0. The number of benzene rings is 2. The maximum absolute atomic E-state index is 13.9. The Bertz CT molecular complexity index is 760. The van der Waals surface area contributed by atoms with Crippen LogP contribution in [0.2, 0.25) is 0 Å². The first kappa shape index (κ1) is 15.0. The molecule has 5 heteroatoms. The highest BCUT2D eigenvalue weighted by Gasteiger charge is 2.38. The van der Waals surface area contributed by atoms with Crippen LogP contribution < -0.4 is 9.47 Å². The Balaban J connectivity index is 1.52. The normalized spacial score (nSPS) is 19.0. The van der Waals surface area contributed by atoms with Gasteiger partial charge in [0.25, 0.3) is 5.91 Å². The average Bonchev–Trinajstić information content (AvgIpc) is 3.45. The monoisotopic (exact) mass is 327 g/mol. The third-order valence-corrected chi connectivity index (χ3v) is 4.35. The van der Waals surface area contributed by atoms with E-state index < -0.39 is 6.10 Å². The number of carbonyl (C=O) groups is 1. The Morgan fingerprint density at radius 1 is 1.08 bits per heavy atom. The smallest absolute Gasteiger partial charge is 0.267 e. The molecule has 1 amide bonds. The molecule has 1 aliphatic heterocycles. The first-order valence-electron chi connectivity index (χ1n) is 8.15. The van der Waals surface area contributed by atoms with Gasteiger partial charge in [-0.15, -0.1) is 0 Å². The average molecular weight is 327 g/mol. The lowest BCUT2D eigenvalue weighted by Gasteiger charge is -2.31. The SMILES string of the molecule is O=C(C1COc2ccccc2O1)N(Cc1ccccc1F)C1CC1. The van der Waals surface area contributed by atoms with Crippen LogP contribution in [0.4, 0.5) is 4.39 Å². The molecule has 0 spiro atoms. The van der Waals surface area contributed by atoms with Crippen LogP contribution in [0.15, 0.2) is 48.5 Å². The minimum Gasteiger partial charge on any atom is -0.485 e. The van der Waals surface area contributed by atoms with E-state index in [-0.39, 0.29) is 30.9 Å². The van der Waals surface area contributed by atoms with Crippen molar-refractivity contribution in [3.63, 3.8) is 0 Å². The first-order chi connectivity index (χ1) is 11.7. The van der Waals surface area contributed by atoms with Crippen molar-refractivity contribution in [2.45, 2.75) is 31.5 Å². The number of amides is 1. The highest BCUT2D eigenvalue weighted by Crippen LogP contribution is 2.34. The third kappa shape index (κ3) is 2.94. The molecule has 1 atom stereocenters. The van der Waals surface area contributed by atoms with Gasteiger partial charge in [-0.3, -0.25) is 4.79 Å². The molecule has 1 heterocycles. The summed E-state index contributed by atoms with van der Waals surface area (Å²) < 4.78 is 25.4. The summed E-state index contributed by atoms with van der Waals surface area (Å²) in [4.78, 5) is 14.6. The summed E-state index contributed by atoms with van der Waals surface area (Å²) in [6.45, 7) is 0.439. The summed E-state index contributed by atoms with van der Waals surface area (Å²) in [6, 6.07) is 14.0. The van der Waals surface area contributed by atoms with Crippen LogP contribution >= 0.6 is 0 Å². The molecular weight excluding hydrogens is 309 g/mol. The zero-order valence-corrected chi connectivity index (χ0v) is 13.2. The highest BCUT2D eigenvalue weighted by molar-refractivity contribution is 5.82. The number of fused-ring (bicyclic) bond motifs is 1. The van der Waals surface area contributed by atoms with E-state index in [0.29, 0.717) is 17.1 Å². The first-order valence-corrected chi connectivity index (χ1v) is 8.15. The van der Waals surface area contributed by atoms with Gasteiger partial charge < -0.3 is 14.4 Å². The summed E-state index contributed by atoms with van der Waals surface area (Å²) in [5, 5.41) is 0. The molecule has 2 aliphatic rings. The number of para-hydroxylation sites is 2. The molecular formula is C19H18FNO3. The van der Waals surface area contributed by atoms with Gasteiger partial charge in [0.2, 0.25) is 6.10 Å². The minimum atomic E-state index is -0.688. The van der Waals surface area contributed by atoms with Gasteiger partial charge in [-0.25, -0.2) is 4.39 Å². The maximum atomic E-state index is 13.9. The Hall–Kier alpha value is -2.56. The molecule has 0 saturated heterocycles. The fraction of sp³-hybridized carbons (Fsp3) is 0.316. The molecule has 4 nitrogen and oxygen atoms in total. The van der Waals surface area contributed by atoms with Crippen LogP contribution in [0.5, 0.6) is 11.5 Å². The van der Waals surface area contributed by atoms with Crippen molar-refractivity contribution in [2.75, 3.05) is 6.61 Å². The molecule has 2 aromatic carbocycles. The quantitative estimate of drug-likeness (QED) is 0.866. The number of halogens is 1. The zero-order chi connectivity index (χ0) is 16.5. The Labute approximate surface area is 139 Å². The summed E-state index contributed by atoms with van der Waals surface area (Å²) in [5.74, 6) is 0.787. The molecule has 0 bridgehead atoms. The van der Waals surface area contributed by atoms with Crippen LogP contribution in [-0.2, 0) is 11.3 Å². The molecule has 1 saturated carbocycles. The van der Waals surface area contributed by atoms with E-state index in [0.717, 1.165) is 12.8 Å². The fourth-order valence-corrected chi connectivity index (χ4v) is 2.91. The number of rotatable bonds is 4. The summed E-state index contributed by atoms with van der Waals surface area (Å²) in [6.07, 6.45) is 1.21. The second kappa shape index (κ2) is 6.15. The van der Waals surface area contributed by atoms with E-state index >= 15 is 0 Å². The third-order valence-electron chi connectivity index (χ3n) is 4.35. The number of carbonyl (C=O) groups excluding carboxylic acids is 1. The second-order valence-corrected chi connectivity index (χ2v) is 6.15. The van der Waals surface area contributed by atoms with Gasteiger partial charge in [0.05, 0.1) is 0 Å². The molecule has 1 fully saturated rings. The summed E-state index contributed by atoms with van der Waals surface area (Å²) >= 11 is 0. The lowest BCUT2D eigenvalue weighted by molar-refractivity contribution is -0.142. The molecule has 0 aromatic heterocycles. The topological polar surface area (TPSA) is 38.8 Å². The lowest BCUT2D eigenvalue weighted by atomic mass is 10.1. The van der Waals surface area contributed by atoms with Gasteiger partial charge in [0.1, 0.15) is 12.4 Å². The standard InChI is InChI=1S/C19H18FNO3/c20-15-6-2-1-5-13(15)11-21(14-9-10-14)19(22)18-12-23-16-7-3-4-8-17(16)24-18/h1-8,14,18H,9-12H2. The largest absolute Gasteiger partial charge is 0.485 e. The van der Waals surface area contributed by atoms with E-state index in [9.17, 15) is 9.18 Å². The molecule has 24 heavy (non-hydrogen) atoms. The maximum Gasteiger partial charge on any atom is 0.267 e. The van der Waals surface area contributed by atoms with Gasteiger partial charge in [-0.2, -0.15) is 0 Å². The predicted molar refractivity (Wildman–Crippen MR) is 86.3 cm³/mol. The van der Waals surface area contributed by atoms with Gasteiger partial charge in [0, 0.05) is 18.2 Å². The van der Waals surface area contributed by atoms with Crippen molar-refractivity contribution in [3.05, 3.63) is 59.9 Å². The van der Waals surface area contributed by atoms with Crippen molar-refractivity contribution in [1.29, 1.82) is 0 Å². The zero-order valence-electron chi connectivity index (χ0n) is 13.2. The lowest BCUT2D eigenvalue weighted by Crippen LogP contribution is -2.47. The van der Waals surface area contributed by atoms with E-state index in [4.69, 9.17) is 9.47 Å². The van der Waals surface area contributed by atoms with E-state index in [1.807, 2.05) is 18.2 Å². The van der Waals surface area contributed by atoms with Crippen molar-refractivity contribution >= 4 is 5.91 Å². The number of nitrogens with zero attached hydrogens (tertiary/aromatic N) is 1. The van der Waals surface area contributed by atoms with Crippen LogP contribution in [0.25, 0.3) is 0 Å². The van der Waals surface area contributed by atoms with Crippen LogP contribution in [0.1, 0.15) is 18.4 Å². The second-order valence-electron chi connectivity index (χ2n) is 6.15. The van der Waals surface area contributed by atoms with Crippen molar-refractivity contribution in [3.8, 4) is 11.5 Å². The van der Waals surface area contributed by atoms with E-state index in [2.05, 4.69) is 0 Å². The molecule has 0 radical (unpaired) electrons. The van der Waals surface area contributed by atoms with Crippen LogP contribution in [0, 0.1) is 5.82 Å². The van der Waals surface area contributed by atoms with Crippen molar-refractivity contribution < 1.29 is 18.7 Å². The highest BCUT2D eigenvalue weighted by atomic mass is 19.1. The van der Waals surface area contributed by atoms with E-state index in [1.54, 1.807) is 29.2 Å². The van der Waals surface area contributed by atoms with Crippen LogP contribution in [-0.4, -0.2) is 29.6 Å². The van der Waals surface area contributed by atoms with Gasteiger partial charge in [0.15, 0.2) is 11.5 Å². The summed E-state index contributed by atoms with van der Waals surface area (Å²) in [7, 11) is 0. The summed E-state index contributed by atoms with van der Waals surface area (Å²) in [5.41, 5.74) is 0.523. The van der Waals surface area contributed by atoms with Gasteiger partial charge in [-0.1, -0.05) is 30.3 Å². The number of ether oxygens (including phenoxy) is 2. The fourth-order valence-electron chi connectivity index (χ4n) is 2.91. The van der Waals surface area contributed by atoms with Crippen molar-refractivity contribution in [1.82, 2.24) is 4.90 Å². The molecule has 0 N–H and O–H groups in total. The Kier molecular flexibility index (Phi) is 3.84. The van der Waals surface area contributed by atoms with Gasteiger partial charge >= 0.3 is 0 Å². The molecule has 1 aliphatic carbocycles. The molecule has 124 valence electrons. The molecule has 1 unspecified atom stereocenters. The van der Waals surface area contributed by atoms with Crippen molar-refractivity contribution in [2.24, 2.45) is 0 Å². The molecule has 2 aromatic rings. The minimum absolute atomic E-state index is 0.143. The Morgan fingerprint density at radius 2 is 1.79 bits per heavy atom. The predicted octanol–water partition coefficient (Wildman–Crippen LogP) is 3.16. The van der Waals surface area contributed by atoms with Crippen LogP contribution in [0.3, 0.4) is 0 Å². The Morgan fingerprint density at radius 3 is 2.54 bits per heavy atom. The van der Waals surface area contributed by atoms with E-state index in [1.165, 1.54) is 6.07 Å². The van der Waals surface area contributed by atoms with Gasteiger partial charge in [-0.05, 0) is 31.0 Å². The number of hydrogen-bond acceptors (Lipinski definition) is 3.